The van der Waals surface area contributed by atoms with Crippen molar-refractivity contribution in [3.8, 4) is 0 Å². The minimum Gasteiger partial charge on any atom is -0.309 e. The van der Waals surface area contributed by atoms with Crippen LogP contribution < -0.4 is 5.32 Å². The molecule has 0 saturated heterocycles. The molecule has 0 bridgehead atoms. The molecule has 0 atom stereocenters. The molecule has 0 aliphatic rings. The second kappa shape index (κ2) is 7.45. The maximum Gasteiger partial charge on any atom is 0.269 e. The monoisotopic (exact) mass is 279 g/mol. The fourth-order valence-electron chi connectivity index (χ4n) is 1.59. The van der Waals surface area contributed by atoms with Crippen molar-refractivity contribution in [1.29, 1.82) is 0 Å². The molecule has 1 aromatic carbocycles. The van der Waals surface area contributed by atoms with Crippen molar-refractivity contribution < 1.29 is 4.92 Å². The zero-order valence-electron chi connectivity index (χ0n) is 10.2. The fourth-order valence-corrected chi connectivity index (χ4v) is 1.59. The van der Waals surface area contributed by atoms with E-state index < -0.39 is 4.92 Å². The number of pyridine rings is 1. The molecule has 0 radical (unpaired) electrons. The number of nitro benzene ring substituents is 1. The molecule has 0 unspecified atom stereocenters. The summed E-state index contributed by atoms with van der Waals surface area (Å²) in [6.45, 7) is 1.40. The van der Waals surface area contributed by atoms with Gasteiger partial charge in [0.15, 0.2) is 0 Å². The number of hydrogen-bond acceptors (Lipinski definition) is 4. The highest BCUT2D eigenvalue weighted by atomic mass is 35.5. The molecule has 0 fully saturated rings. The lowest BCUT2D eigenvalue weighted by molar-refractivity contribution is -0.384. The zero-order chi connectivity index (χ0) is 12.8. The van der Waals surface area contributed by atoms with E-state index in [9.17, 15) is 10.1 Å². The van der Waals surface area contributed by atoms with Crippen LogP contribution in [0.2, 0.25) is 0 Å². The van der Waals surface area contributed by atoms with Crippen molar-refractivity contribution in [1.82, 2.24) is 10.3 Å². The van der Waals surface area contributed by atoms with Gasteiger partial charge in [-0.3, -0.25) is 15.1 Å². The molecule has 5 nitrogen and oxygen atoms in total. The number of nitrogens with one attached hydrogen (secondary N) is 1. The molecule has 0 aliphatic heterocycles. The standard InChI is InChI=1S/C13H13N3O2.ClH/c17-16(18)13-5-3-11(4-6-13)8-15-10-12-2-1-7-14-9-12;/h1-7,9,15H,8,10H2;1H. The Morgan fingerprint density at radius 2 is 1.79 bits per heavy atom. The lowest BCUT2D eigenvalue weighted by atomic mass is 10.2. The number of nitro groups is 1. The van der Waals surface area contributed by atoms with E-state index in [0.29, 0.717) is 6.54 Å². The molecule has 1 N–H and O–H groups in total. The van der Waals surface area contributed by atoms with Gasteiger partial charge in [-0.05, 0) is 17.2 Å². The highest BCUT2D eigenvalue weighted by Crippen LogP contribution is 2.11. The third-order valence-corrected chi connectivity index (χ3v) is 2.53. The van der Waals surface area contributed by atoms with Crippen LogP contribution in [0.5, 0.6) is 0 Å². The normalized spacial score (nSPS) is 9.68. The summed E-state index contributed by atoms with van der Waals surface area (Å²) >= 11 is 0. The van der Waals surface area contributed by atoms with Crippen molar-refractivity contribution >= 4 is 18.1 Å². The third-order valence-electron chi connectivity index (χ3n) is 2.53. The number of rotatable bonds is 5. The van der Waals surface area contributed by atoms with Gasteiger partial charge < -0.3 is 5.32 Å². The summed E-state index contributed by atoms with van der Waals surface area (Å²) in [5, 5.41) is 13.8. The number of nitrogens with zero attached hydrogens (tertiary/aromatic N) is 2. The van der Waals surface area contributed by atoms with Gasteiger partial charge in [0.25, 0.3) is 5.69 Å². The van der Waals surface area contributed by atoms with Crippen LogP contribution in [0.4, 0.5) is 5.69 Å². The molecule has 6 heteroatoms. The quantitative estimate of drug-likeness (QED) is 0.675. The average molecular weight is 280 g/mol. The first-order valence-corrected chi connectivity index (χ1v) is 5.58. The molecule has 0 saturated carbocycles. The Balaban J connectivity index is 0.00000180. The Morgan fingerprint density at radius 1 is 1.11 bits per heavy atom. The Hall–Kier alpha value is -1.98. The first-order valence-electron chi connectivity index (χ1n) is 5.58. The fraction of sp³-hybridized carbons (Fsp3) is 0.154. The van der Waals surface area contributed by atoms with E-state index in [1.54, 1.807) is 18.3 Å². The largest absolute Gasteiger partial charge is 0.309 e. The molecule has 100 valence electrons. The van der Waals surface area contributed by atoms with Crippen LogP contribution in [0.3, 0.4) is 0 Å². The van der Waals surface area contributed by atoms with E-state index in [2.05, 4.69) is 10.3 Å². The molecule has 2 aromatic rings. The van der Waals surface area contributed by atoms with E-state index in [-0.39, 0.29) is 18.1 Å². The minimum atomic E-state index is -0.396. The summed E-state index contributed by atoms with van der Waals surface area (Å²) in [4.78, 5) is 14.1. The Kier molecular flexibility index (Phi) is 5.92. The second-order valence-electron chi connectivity index (χ2n) is 3.89. The molecule has 0 spiro atoms. The summed E-state index contributed by atoms with van der Waals surface area (Å²) in [6, 6.07) is 10.4. The number of hydrogen-bond donors (Lipinski definition) is 1. The number of non-ortho nitro benzene ring substituents is 1. The Labute approximate surface area is 117 Å². The third kappa shape index (κ3) is 4.65. The number of halogens is 1. The zero-order valence-corrected chi connectivity index (χ0v) is 11.0. The predicted molar refractivity (Wildman–Crippen MR) is 75.1 cm³/mol. The van der Waals surface area contributed by atoms with Gasteiger partial charge in [0.05, 0.1) is 4.92 Å². The number of benzene rings is 1. The predicted octanol–water partition coefficient (Wildman–Crippen LogP) is 2.70. The molecular weight excluding hydrogens is 266 g/mol. The molecular formula is C13H14ClN3O2. The maximum absolute atomic E-state index is 10.5. The summed E-state index contributed by atoms with van der Waals surface area (Å²) in [5.41, 5.74) is 2.25. The Bertz CT molecular complexity index is 517. The van der Waals surface area contributed by atoms with Crippen molar-refractivity contribution in [3.05, 3.63) is 70.0 Å². The van der Waals surface area contributed by atoms with E-state index >= 15 is 0 Å². The molecule has 0 amide bonds. The summed E-state index contributed by atoms with van der Waals surface area (Å²) < 4.78 is 0. The van der Waals surface area contributed by atoms with Crippen molar-refractivity contribution in [2.45, 2.75) is 13.1 Å². The van der Waals surface area contributed by atoms with Crippen LogP contribution in [-0.2, 0) is 13.1 Å². The van der Waals surface area contributed by atoms with Crippen molar-refractivity contribution in [2.75, 3.05) is 0 Å². The van der Waals surface area contributed by atoms with Crippen LogP contribution >= 0.6 is 12.4 Å². The summed E-state index contributed by atoms with van der Waals surface area (Å²) in [5.74, 6) is 0. The van der Waals surface area contributed by atoms with Crippen molar-refractivity contribution in [2.24, 2.45) is 0 Å². The van der Waals surface area contributed by atoms with Gasteiger partial charge in [-0.2, -0.15) is 0 Å². The van der Waals surface area contributed by atoms with Crippen LogP contribution in [0.25, 0.3) is 0 Å². The SMILES string of the molecule is Cl.O=[N+]([O-])c1ccc(CNCc2cccnc2)cc1. The van der Waals surface area contributed by atoms with Crippen LogP contribution in [0.15, 0.2) is 48.8 Å². The molecule has 0 aliphatic carbocycles. The Morgan fingerprint density at radius 3 is 2.37 bits per heavy atom. The van der Waals surface area contributed by atoms with Gasteiger partial charge in [-0.15, -0.1) is 12.4 Å². The molecule has 2 rings (SSSR count). The van der Waals surface area contributed by atoms with Gasteiger partial charge in [-0.1, -0.05) is 18.2 Å². The average Bonchev–Trinajstić information content (AvgIpc) is 2.40. The van der Waals surface area contributed by atoms with E-state index in [0.717, 1.165) is 17.7 Å². The van der Waals surface area contributed by atoms with E-state index in [1.807, 2.05) is 18.3 Å². The molecule has 1 aromatic heterocycles. The maximum atomic E-state index is 10.5. The van der Waals surface area contributed by atoms with Gasteiger partial charge in [-0.25, -0.2) is 0 Å². The second-order valence-corrected chi connectivity index (χ2v) is 3.89. The van der Waals surface area contributed by atoms with Gasteiger partial charge >= 0.3 is 0 Å². The van der Waals surface area contributed by atoms with Crippen LogP contribution in [0, 0.1) is 10.1 Å². The number of aromatic nitrogens is 1. The summed E-state index contributed by atoms with van der Waals surface area (Å²) in [7, 11) is 0. The van der Waals surface area contributed by atoms with Crippen molar-refractivity contribution in [3.63, 3.8) is 0 Å². The lowest BCUT2D eigenvalue weighted by Crippen LogP contribution is -2.12. The summed E-state index contributed by atoms with van der Waals surface area (Å²) in [6.07, 6.45) is 3.54. The topological polar surface area (TPSA) is 68.1 Å². The van der Waals surface area contributed by atoms with Crippen LogP contribution in [-0.4, -0.2) is 9.91 Å². The van der Waals surface area contributed by atoms with Gasteiger partial charge in [0.2, 0.25) is 0 Å². The van der Waals surface area contributed by atoms with Gasteiger partial charge in [0, 0.05) is 37.6 Å². The molecule has 19 heavy (non-hydrogen) atoms. The van der Waals surface area contributed by atoms with Crippen LogP contribution in [0.1, 0.15) is 11.1 Å². The minimum absolute atomic E-state index is 0. The van der Waals surface area contributed by atoms with E-state index in [1.165, 1.54) is 12.1 Å². The highest BCUT2D eigenvalue weighted by molar-refractivity contribution is 5.85. The van der Waals surface area contributed by atoms with E-state index in [4.69, 9.17) is 0 Å². The smallest absolute Gasteiger partial charge is 0.269 e. The van der Waals surface area contributed by atoms with Gasteiger partial charge in [0.1, 0.15) is 0 Å². The first kappa shape index (κ1) is 15.1. The first-order chi connectivity index (χ1) is 8.75. The lowest BCUT2D eigenvalue weighted by Gasteiger charge is -2.04. The molecule has 1 heterocycles. The highest BCUT2D eigenvalue weighted by Gasteiger charge is 2.03.